The number of piperidine rings is 1. The first-order valence-electron chi connectivity index (χ1n) is 9.34. The molecule has 0 bridgehead atoms. The summed E-state index contributed by atoms with van der Waals surface area (Å²) in [5.41, 5.74) is 1.17. The quantitative estimate of drug-likeness (QED) is 0.791. The van der Waals surface area contributed by atoms with E-state index in [9.17, 15) is 9.59 Å². The summed E-state index contributed by atoms with van der Waals surface area (Å²) in [5, 5.41) is 0. The Morgan fingerprint density at radius 2 is 1.85 bits per heavy atom. The molecule has 5 nitrogen and oxygen atoms in total. The van der Waals surface area contributed by atoms with E-state index in [1.807, 2.05) is 30.1 Å². The first-order chi connectivity index (χ1) is 12.1. The zero-order valence-electron chi connectivity index (χ0n) is 15.9. The molecule has 1 unspecified atom stereocenters. The molecule has 26 heavy (non-hydrogen) atoms. The first kappa shape index (κ1) is 20.8. The van der Waals surface area contributed by atoms with Crippen molar-refractivity contribution < 1.29 is 9.59 Å². The molecule has 0 N–H and O–H groups in total. The van der Waals surface area contributed by atoms with Crippen molar-refractivity contribution in [1.82, 2.24) is 14.7 Å². The van der Waals surface area contributed by atoms with E-state index in [1.165, 1.54) is 24.8 Å². The highest BCUT2D eigenvalue weighted by atomic mass is 32.1. The molecular formula is C20H31N3O2S. The minimum absolute atomic E-state index is 0. The lowest BCUT2D eigenvalue weighted by molar-refractivity contribution is -0.137. The Morgan fingerprint density at radius 3 is 2.42 bits per heavy atom. The molecule has 2 saturated heterocycles. The van der Waals surface area contributed by atoms with Crippen molar-refractivity contribution in [2.45, 2.75) is 31.7 Å². The molecular weight excluding hydrogens is 346 g/mol. The molecule has 0 saturated carbocycles. The van der Waals surface area contributed by atoms with Crippen LogP contribution >= 0.6 is 13.5 Å². The van der Waals surface area contributed by atoms with Crippen molar-refractivity contribution in [3.8, 4) is 0 Å². The van der Waals surface area contributed by atoms with E-state index >= 15 is 0 Å². The van der Waals surface area contributed by atoms with Crippen molar-refractivity contribution in [3.63, 3.8) is 0 Å². The molecule has 2 aliphatic rings. The van der Waals surface area contributed by atoms with Gasteiger partial charge in [0.05, 0.1) is 12.0 Å². The van der Waals surface area contributed by atoms with Gasteiger partial charge in [0.15, 0.2) is 0 Å². The summed E-state index contributed by atoms with van der Waals surface area (Å²) in [6.45, 7) is 3.61. The normalized spacial score (nSPS) is 22.0. The van der Waals surface area contributed by atoms with Crippen LogP contribution in [0, 0.1) is 5.92 Å². The Morgan fingerprint density at radius 1 is 1.19 bits per heavy atom. The molecule has 0 aliphatic carbocycles. The second-order valence-corrected chi connectivity index (χ2v) is 7.41. The van der Waals surface area contributed by atoms with Crippen molar-refractivity contribution in [2.24, 2.45) is 5.92 Å². The van der Waals surface area contributed by atoms with Crippen molar-refractivity contribution in [3.05, 3.63) is 35.9 Å². The predicted molar refractivity (Wildman–Crippen MR) is 108 cm³/mol. The molecule has 1 aromatic carbocycles. The Bertz CT molecular complexity index is 604. The number of carbonyl (C=O) groups is 2. The SMILES string of the molecule is CN1CC(C(=O)N(C)[C@H](CN2CCCCC2)c2ccccc2)CC1=O.S. The van der Waals surface area contributed by atoms with E-state index in [4.69, 9.17) is 0 Å². The zero-order chi connectivity index (χ0) is 17.8. The molecule has 6 heteroatoms. The highest BCUT2D eigenvalue weighted by molar-refractivity contribution is 7.59. The average molecular weight is 378 g/mol. The number of rotatable bonds is 5. The second-order valence-electron chi connectivity index (χ2n) is 7.41. The molecule has 144 valence electrons. The number of hydrogen-bond donors (Lipinski definition) is 0. The summed E-state index contributed by atoms with van der Waals surface area (Å²) >= 11 is 0. The Kier molecular flexibility index (Phi) is 7.53. The number of likely N-dealkylation sites (N-methyl/N-ethyl adjacent to an activating group) is 1. The third-order valence-corrected chi connectivity index (χ3v) is 5.57. The van der Waals surface area contributed by atoms with Gasteiger partial charge in [0.2, 0.25) is 11.8 Å². The molecule has 1 aromatic rings. The van der Waals surface area contributed by atoms with E-state index in [-0.39, 0.29) is 37.3 Å². The van der Waals surface area contributed by atoms with E-state index in [2.05, 4.69) is 17.0 Å². The number of likely N-dealkylation sites (tertiary alicyclic amines) is 2. The van der Waals surface area contributed by atoms with Gasteiger partial charge in [-0.05, 0) is 31.5 Å². The summed E-state index contributed by atoms with van der Waals surface area (Å²) in [6, 6.07) is 10.3. The van der Waals surface area contributed by atoms with Crippen LogP contribution in [0.15, 0.2) is 30.3 Å². The monoisotopic (exact) mass is 377 g/mol. The average Bonchev–Trinajstić information content (AvgIpc) is 2.99. The Balaban J connectivity index is 0.00000243. The number of carbonyl (C=O) groups excluding carboxylic acids is 2. The first-order valence-corrected chi connectivity index (χ1v) is 9.34. The second kappa shape index (κ2) is 9.42. The van der Waals surface area contributed by atoms with Crippen molar-refractivity contribution >= 4 is 25.3 Å². The fourth-order valence-corrected chi connectivity index (χ4v) is 3.98. The minimum atomic E-state index is -0.213. The van der Waals surface area contributed by atoms with Crippen LogP contribution in [-0.2, 0) is 9.59 Å². The van der Waals surface area contributed by atoms with Gasteiger partial charge in [0, 0.05) is 33.6 Å². The smallest absolute Gasteiger partial charge is 0.228 e. The largest absolute Gasteiger partial charge is 0.345 e. The van der Waals surface area contributed by atoms with E-state index < -0.39 is 0 Å². The molecule has 2 heterocycles. The molecule has 2 amide bonds. The van der Waals surface area contributed by atoms with Gasteiger partial charge in [-0.15, -0.1) is 0 Å². The van der Waals surface area contributed by atoms with Crippen molar-refractivity contribution in [1.29, 1.82) is 0 Å². The fraction of sp³-hybridized carbons (Fsp3) is 0.600. The van der Waals surface area contributed by atoms with Crippen molar-refractivity contribution in [2.75, 3.05) is 40.3 Å². The Hall–Kier alpha value is -1.53. The van der Waals surface area contributed by atoms with Gasteiger partial charge in [-0.3, -0.25) is 9.59 Å². The van der Waals surface area contributed by atoms with Gasteiger partial charge in [-0.25, -0.2) is 0 Å². The lowest BCUT2D eigenvalue weighted by Crippen LogP contribution is -2.43. The van der Waals surface area contributed by atoms with Gasteiger partial charge in [-0.2, -0.15) is 13.5 Å². The van der Waals surface area contributed by atoms with Gasteiger partial charge >= 0.3 is 0 Å². The molecule has 0 spiro atoms. The van der Waals surface area contributed by atoms with Crippen LogP contribution in [0.3, 0.4) is 0 Å². The molecule has 0 aromatic heterocycles. The topological polar surface area (TPSA) is 43.9 Å². The summed E-state index contributed by atoms with van der Waals surface area (Å²) < 4.78 is 0. The van der Waals surface area contributed by atoms with Crippen LogP contribution in [0.4, 0.5) is 0 Å². The van der Waals surface area contributed by atoms with E-state index in [0.717, 1.165) is 19.6 Å². The summed E-state index contributed by atoms with van der Waals surface area (Å²) in [4.78, 5) is 30.8. The molecule has 3 rings (SSSR count). The third kappa shape index (κ3) is 4.80. The summed E-state index contributed by atoms with van der Waals surface area (Å²) in [7, 11) is 3.67. The van der Waals surface area contributed by atoms with Gasteiger partial charge in [0.25, 0.3) is 0 Å². The van der Waals surface area contributed by atoms with Gasteiger partial charge in [-0.1, -0.05) is 36.8 Å². The summed E-state index contributed by atoms with van der Waals surface area (Å²) in [5.74, 6) is -0.0577. The molecule has 2 aliphatic heterocycles. The van der Waals surface area contributed by atoms with Crippen LogP contribution in [0.2, 0.25) is 0 Å². The highest BCUT2D eigenvalue weighted by Crippen LogP contribution is 2.26. The van der Waals surface area contributed by atoms with E-state index in [0.29, 0.717) is 13.0 Å². The molecule has 0 radical (unpaired) electrons. The Labute approximate surface area is 163 Å². The highest BCUT2D eigenvalue weighted by Gasteiger charge is 2.36. The lowest BCUT2D eigenvalue weighted by atomic mass is 10.0. The maximum absolute atomic E-state index is 13.0. The standard InChI is InChI=1S/C20H29N3O2.H2S/c1-21-14-17(13-19(21)24)20(25)22(2)18(16-9-5-3-6-10-16)15-23-11-7-4-8-12-23;/h3,5-6,9-10,17-18H,4,7-8,11-15H2,1-2H3;1H2/t17?,18-;/m1./s1. The van der Waals surface area contributed by atoms with Crippen LogP contribution < -0.4 is 0 Å². The maximum Gasteiger partial charge on any atom is 0.228 e. The molecule has 2 fully saturated rings. The van der Waals surface area contributed by atoms with Crippen LogP contribution in [0.25, 0.3) is 0 Å². The number of amides is 2. The number of benzene rings is 1. The molecule has 2 atom stereocenters. The van der Waals surface area contributed by atoms with Crippen LogP contribution in [-0.4, -0.2) is 66.8 Å². The maximum atomic E-state index is 13.0. The van der Waals surface area contributed by atoms with Gasteiger partial charge in [0.1, 0.15) is 0 Å². The zero-order valence-corrected chi connectivity index (χ0v) is 16.9. The summed E-state index contributed by atoms with van der Waals surface area (Å²) in [6.07, 6.45) is 4.12. The predicted octanol–water partition coefficient (Wildman–Crippen LogP) is 2.26. The van der Waals surface area contributed by atoms with E-state index in [1.54, 1.807) is 11.9 Å². The minimum Gasteiger partial charge on any atom is -0.345 e. The number of hydrogen-bond acceptors (Lipinski definition) is 3. The van der Waals surface area contributed by atoms with Crippen LogP contribution in [0.1, 0.15) is 37.3 Å². The van der Waals surface area contributed by atoms with Gasteiger partial charge < -0.3 is 14.7 Å². The fourth-order valence-electron chi connectivity index (χ4n) is 3.98. The third-order valence-electron chi connectivity index (χ3n) is 5.57. The van der Waals surface area contributed by atoms with Crippen LogP contribution in [0.5, 0.6) is 0 Å². The number of nitrogens with zero attached hydrogens (tertiary/aromatic N) is 3. The lowest BCUT2D eigenvalue weighted by Gasteiger charge is -2.36.